The number of nitrogens with two attached hydrogens (primary N) is 1. The van der Waals surface area contributed by atoms with Crippen LogP contribution in [0.2, 0.25) is 0 Å². The molecule has 5 N–H and O–H groups in total. The lowest BCUT2D eigenvalue weighted by molar-refractivity contribution is 0.00361. The Labute approximate surface area is 194 Å². The first-order valence-corrected chi connectivity index (χ1v) is 11.2. The van der Waals surface area contributed by atoms with Crippen molar-refractivity contribution in [2.45, 2.75) is 19.8 Å². The molecule has 0 atom stereocenters. The van der Waals surface area contributed by atoms with Gasteiger partial charge in [-0.3, -0.25) is 5.41 Å². The molecule has 0 aliphatic heterocycles. The molecule has 0 aliphatic rings. The van der Waals surface area contributed by atoms with Crippen molar-refractivity contribution in [2.75, 3.05) is 70.5 Å². The molecule has 182 valence electrons. The van der Waals surface area contributed by atoms with Crippen LogP contribution in [-0.4, -0.2) is 80.2 Å². The highest BCUT2D eigenvalue weighted by Gasteiger charge is 2.16. The van der Waals surface area contributed by atoms with Crippen molar-refractivity contribution in [2.24, 2.45) is 0 Å². The van der Waals surface area contributed by atoms with Crippen LogP contribution in [-0.2, 0) is 14.2 Å². The van der Waals surface area contributed by atoms with Gasteiger partial charge in [-0.05, 0) is 30.7 Å². The standard InChI is InChI=1S/C23H35N5O5/c1-2-3-8-26-23-20(22(25)27-17-28-23)21(24)18-4-6-19(7-5-18)33-16-15-32-14-13-31-12-11-30-10-9-29/h4-7,17,24,29H,2-3,8-16H2,1H3,(H3,25,26,27,28). The molecule has 0 fully saturated rings. The predicted octanol–water partition coefficient (Wildman–Crippen LogP) is 2.11. The maximum Gasteiger partial charge on any atom is 0.141 e. The van der Waals surface area contributed by atoms with Gasteiger partial charge in [-0.1, -0.05) is 13.3 Å². The fourth-order valence-electron chi connectivity index (χ4n) is 2.85. The Morgan fingerprint density at radius 1 is 0.970 bits per heavy atom. The van der Waals surface area contributed by atoms with Gasteiger partial charge in [0.15, 0.2) is 0 Å². The first-order chi connectivity index (χ1) is 16.2. The Hall–Kier alpha value is -2.79. The topological polar surface area (TPSA) is 145 Å². The summed E-state index contributed by atoms with van der Waals surface area (Å²) in [5.41, 5.74) is 7.50. The Bertz CT molecular complexity index is 819. The molecule has 0 aliphatic carbocycles. The number of aromatic nitrogens is 2. The minimum Gasteiger partial charge on any atom is -0.491 e. The van der Waals surface area contributed by atoms with Crippen molar-refractivity contribution >= 4 is 17.3 Å². The number of benzene rings is 1. The maximum atomic E-state index is 8.61. The van der Waals surface area contributed by atoms with Crippen molar-refractivity contribution in [3.63, 3.8) is 0 Å². The van der Waals surface area contributed by atoms with Gasteiger partial charge in [-0.15, -0.1) is 0 Å². The van der Waals surface area contributed by atoms with Crippen LogP contribution < -0.4 is 15.8 Å². The van der Waals surface area contributed by atoms with Crippen LogP contribution in [0, 0.1) is 5.41 Å². The van der Waals surface area contributed by atoms with Crippen molar-refractivity contribution in [1.29, 1.82) is 5.41 Å². The summed E-state index contributed by atoms with van der Waals surface area (Å²) in [7, 11) is 0. The first kappa shape index (κ1) is 26.5. The van der Waals surface area contributed by atoms with Crippen molar-refractivity contribution in [3.05, 3.63) is 41.7 Å². The number of hydrogen-bond donors (Lipinski definition) is 4. The predicted molar refractivity (Wildman–Crippen MR) is 127 cm³/mol. The van der Waals surface area contributed by atoms with E-state index in [2.05, 4.69) is 22.2 Å². The van der Waals surface area contributed by atoms with E-state index in [1.807, 2.05) is 24.3 Å². The van der Waals surface area contributed by atoms with Gasteiger partial charge in [0.05, 0.1) is 57.5 Å². The zero-order chi connectivity index (χ0) is 23.7. The van der Waals surface area contributed by atoms with E-state index < -0.39 is 0 Å². The van der Waals surface area contributed by atoms with Gasteiger partial charge in [0.25, 0.3) is 0 Å². The van der Waals surface area contributed by atoms with Crippen LogP contribution in [0.4, 0.5) is 11.6 Å². The van der Waals surface area contributed by atoms with Gasteiger partial charge in [0, 0.05) is 12.1 Å². The van der Waals surface area contributed by atoms with Gasteiger partial charge in [0.2, 0.25) is 0 Å². The molecule has 1 aromatic heterocycles. The highest BCUT2D eigenvalue weighted by atomic mass is 16.6. The van der Waals surface area contributed by atoms with Crippen molar-refractivity contribution < 1.29 is 24.1 Å². The number of ether oxygens (including phenoxy) is 4. The second-order valence-electron chi connectivity index (χ2n) is 7.07. The summed E-state index contributed by atoms with van der Waals surface area (Å²) < 4.78 is 21.6. The monoisotopic (exact) mass is 461 g/mol. The van der Waals surface area contributed by atoms with E-state index in [9.17, 15) is 0 Å². The summed E-state index contributed by atoms with van der Waals surface area (Å²) in [4.78, 5) is 8.31. The summed E-state index contributed by atoms with van der Waals surface area (Å²) in [6.07, 6.45) is 3.46. The summed E-state index contributed by atoms with van der Waals surface area (Å²) in [6.45, 7) is 5.92. The fraction of sp³-hybridized carbons (Fsp3) is 0.522. The number of hydrogen-bond acceptors (Lipinski definition) is 10. The Balaban J connectivity index is 1.74. The van der Waals surface area contributed by atoms with E-state index >= 15 is 0 Å². The van der Waals surface area contributed by atoms with E-state index in [4.69, 9.17) is 35.2 Å². The van der Waals surface area contributed by atoms with Gasteiger partial charge < -0.3 is 35.1 Å². The minimum atomic E-state index is 0.0164. The van der Waals surface area contributed by atoms with Crippen LogP contribution in [0.1, 0.15) is 30.9 Å². The second-order valence-corrected chi connectivity index (χ2v) is 7.07. The number of nitrogens with one attached hydrogen (secondary N) is 2. The fourth-order valence-corrected chi connectivity index (χ4v) is 2.85. The SMILES string of the molecule is CCCCNc1ncnc(N)c1C(=N)c1ccc(OCCOCCOCCOCCO)cc1. The zero-order valence-electron chi connectivity index (χ0n) is 19.2. The van der Waals surface area contributed by atoms with Crippen LogP contribution in [0.3, 0.4) is 0 Å². The van der Waals surface area contributed by atoms with E-state index in [0.717, 1.165) is 19.4 Å². The van der Waals surface area contributed by atoms with E-state index in [0.29, 0.717) is 68.9 Å². The summed E-state index contributed by atoms with van der Waals surface area (Å²) >= 11 is 0. The van der Waals surface area contributed by atoms with E-state index in [1.165, 1.54) is 6.33 Å². The normalized spacial score (nSPS) is 10.8. The molecule has 0 bridgehead atoms. The van der Waals surface area contributed by atoms with Gasteiger partial charge >= 0.3 is 0 Å². The third-order valence-electron chi connectivity index (χ3n) is 4.57. The van der Waals surface area contributed by atoms with Crippen LogP contribution in [0.25, 0.3) is 0 Å². The lowest BCUT2D eigenvalue weighted by atomic mass is 10.0. The molecule has 1 heterocycles. The van der Waals surface area contributed by atoms with E-state index in [1.54, 1.807) is 0 Å². The Morgan fingerprint density at radius 2 is 1.61 bits per heavy atom. The average Bonchev–Trinajstić information content (AvgIpc) is 2.83. The van der Waals surface area contributed by atoms with Crippen LogP contribution >= 0.6 is 0 Å². The molecule has 10 heteroatoms. The Morgan fingerprint density at radius 3 is 2.24 bits per heavy atom. The van der Waals surface area contributed by atoms with Crippen LogP contribution in [0.15, 0.2) is 30.6 Å². The summed E-state index contributed by atoms with van der Waals surface area (Å²) in [6, 6.07) is 7.24. The summed E-state index contributed by atoms with van der Waals surface area (Å²) in [5, 5.41) is 20.4. The zero-order valence-corrected chi connectivity index (χ0v) is 19.2. The molecule has 2 rings (SSSR count). The van der Waals surface area contributed by atoms with Gasteiger partial charge in [-0.25, -0.2) is 9.97 Å². The minimum absolute atomic E-state index is 0.0164. The molecule has 33 heavy (non-hydrogen) atoms. The number of aliphatic hydroxyl groups excluding tert-OH is 1. The van der Waals surface area contributed by atoms with Crippen molar-refractivity contribution in [1.82, 2.24) is 9.97 Å². The number of aliphatic hydroxyl groups is 1. The lowest BCUT2D eigenvalue weighted by Crippen LogP contribution is -2.14. The smallest absolute Gasteiger partial charge is 0.141 e. The average molecular weight is 462 g/mol. The first-order valence-electron chi connectivity index (χ1n) is 11.2. The van der Waals surface area contributed by atoms with Crippen LogP contribution in [0.5, 0.6) is 5.75 Å². The molecule has 0 saturated heterocycles. The molecule has 0 saturated carbocycles. The highest BCUT2D eigenvalue weighted by Crippen LogP contribution is 2.23. The number of unbranched alkanes of at least 4 members (excludes halogenated alkanes) is 1. The molecule has 0 amide bonds. The number of nitrogens with zero attached hydrogens (tertiary/aromatic N) is 2. The molecule has 2 aromatic rings. The summed E-state index contributed by atoms with van der Waals surface area (Å²) in [5.74, 6) is 1.53. The quantitative estimate of drug-likeness (QED) is 0.194. The van der Waals surface area contributed by atoms with E-state index in [-0.39, 0.29) is 18.1 Å². The number of anilines is 2. The molecule has 1 aromatic carbocycles. The number of nitrogen functional groups attached to an aromatic ring is 1. The molecule has 10 nitrogen and oxygen atoms in total. The molecular weight excluding hydrogens is 426 g/mol. The maximum absolute atomic E-state index is 8.61. The van der Waals surface area contributed by atoms with Gasteiger partial charge in [0.1, 0.15) is 30.3 Å². The Kier molecular flexibility index (Phi) is 12.8. The third kappa shape index (κ3) is 9.70. The molecule has 0 unspecified atom stereocenters. The largest absolute Gasteiger partial charge is 0.491 e. The molecular formula is C23H35N5O5. The van der Waals surface area contributed by atoms with Gasteiger partial charge in [-0.2, -0.15) is 0 Å². The molecule has 0 radical (unpaired) electrons. The van der Waals surface area contributed by atoms with Crippen molar-refractivity contribution in [3.8, 4) is 5.75 Å². The highest BCUT2D eigenvalue weighted by molar-refractivity contribution is 6.16. The number of rotatable bonds is 18. The lowest BCUT2D eigenvalue weighted by Gasteiger charge is -2.14. The second kappa shape index (κ2) is 15.9. The molecule has 0 spiro atoms. The third-order valence-corrected chi connectivity index (χ3v) is 4.57.